The molecule has 1 aromatic carbocycles. The summed E-state index contributed by atoms with van der Waals surface area (Å²) in [5.74, 6) is -0.541. The molecule has 1 aliphatic rings. The van der Waals surface area contributed by atoms with E-state index in [4.69, 9.17) is 0 Å². The highest BCUT2D eigenvalue weighted by Crippen LogP contribution is 2.34. The van der Waals surface area contributed by atoms with Crippen LogP contribution in [0.3, 0.4) is 0 Å². The fourth-order valence-corrected chi connectivity index (χ4v) is 4.79. The van der Waals surface area contributed by atoms with Crippen molar-refractivity contribution in [3.8, 4) is 0 Å². The van der Waals surface area contributed by atoms with Crippen LogP contribution in [-0.4, -0.2) is 27.5 Å². The van der Waals surface area contributed by atoms with Crippen LogP contribution in [0.4, 0.5) is 4.39 Å². The van der Waals surface area contributed by atoms with Gasteiger partial charge in [0, 0.05) is 12.6 Å². The molecule has 27 heavy (non-hydrogen) atoms. The summed E-state index contributed by atoms with van der Waals surface area (Å²) in [5.41, 5.74) is 2.20. The first kappa shape index (κ1) is 18.2. The summed E-state index contributed by atoms with van der Waals surface area (Å²) in [5, 5.41) is 16.6. The van der Waals surface area contributed by atoms with Gasteiger partial charge in [-0.1, -0.05) is 23.5 Å². The van der Waals surface area contributed by atoms with Gasteiger partial charge in [0.05, 0.1) is 6.54 Å². The normalized spacial score (nSPS) is 17.3. The Hall–Kier alpha value is -2.16. The van der Waals surface area contributed by atoms with Gasteiger partial charge in [-0.15, -0.1) is 10.2 Å². The zero-order chi connectivity index (χ0) is 18.6. The van der Waals surface area contributed by atoms with Crippen molar-refractivity contribution in [3.63, 3.8) is 0 Å². The molecule has 0 bridgehead atoms. The van der Waals surface area contributed by atoms with Gasteiger partial charge in [0.1, 0.15) is 10.8 Å². The molecule has 0 radical (unpaired) electrons. The number of carbonyl (C=O) groups excluding carboxylic acids is 1. The highest BCUT2D eigenvalue weighted by Gasteiger charge is 2.27. The van der Waals surface area contributed by atoms with Crippen molar-refractivity contribution >= 4 is 28.6 Å². The molecule has 3 heterocycles. The van der Waals surface area contributed by atoms with Gasteiger partial charge in [0.25, 0.3) is 5.91 Å². The van der Waals surface area contributed by atoms with E-state index < -0.39 is 0 Å². The van der Waals surface area contributed by atoms with Crippen LogP contribution < -0.4 is 5.32 Å². The van der Waals surface area contributed by atoms with Crippen LogP contribution in [0.5, 0.6) is 0 Å². The summed E-state index contributed by atoms with van der Waals surface area (Å²) in [7, 11) is 0. The molecule has 5 nitrogen and oxygen atoms in total. The average Bonchev–Trinajstić information content (AvgIpc) is 3.43. The largest absolute Gasteiger partial charge is 0.346 e. The fraction of sp³-hybridized carbons (Fsp3) is 0.316. The van der Waals surface area contributed by atoms with Crippen LogP contribution in [-0.2, 0) is 13.1 Å². The van der Waals surface area contributed by atoms with E-state index in [2.05, 4.69) is 37.2 Å². The van der Waals surface area contributed by atoms with Crippen molar-refractivity contribution in [2.75, 3.05) is 6.54 Å². The highest BCUT2D eigenvalue weighted by atomic mass is 32.1. The molecule has 0 unspecified atom stereocenters. The van der Waals surface area contributed by atoms with Crippen molar-refractivity contribution in [1.82, 2.24) is 20.4 Å². The zero-order valence-electron chi connectivity index (χ0n) is 14.6. The summed E-state index contributed by atoms with van der Waals surface area (Å²) < 4.78 is 12.9. The van der Waals surface area contributed by atoms with E-state index in [0.717, 1.165) is 23.5 Å². The number of halogens is 1. The van der Waals surface area contributed by atoms with E-state index in [9.17, 15) is 9.18 Å². The molecule has 1 N–H and O–H groups in total. The molecule has 0 saturated carbocycles. The Balaban J connectivity index is 1.35. The number of nitrogens with one attached hydrogen (secondary N) is 1. The van der Waals surface area contributed by atoms with Crippen molar-refractivity contribution in [3.05, 3.63) is 68.1 Å². The van der Waals surface area contributed by atoms with Crippen LogP contribution in [0.2, 0.25) is 0 Å². The predicted molar refractivity (Wildman–Crippen MR) is 104 cm³/mol. The Bertz CT molecular complexity index is 895. The molecule has 2 aromatic heterocycles. The molecule has 0 spiro atoms. The number of hydrogen-bond donors (Lipinski definition) is 1. The van der Waals surface area contributed by atoms with Gasteiger partial charge >= 0.3 is 0 Å². The van der Waals surface area contributed by atoms with E-state index in [-0.39, 0.29) is 11.7 Å². The lowest BCUT2D eigenvalue weighted by molar-refractivity contribution is 0.0950. The molecule has 4 rings (SSSR count). The summed E-state index contributed by atoms with van der Waals surface area (Å²) in [6.45, 7) is 2.08. The lowest BCUT2D eigenvalue weighted by Crippen LogP contribution is -2.22. The standard InChI is InChI=1S/C19H19FN4OS2/c20-15-5-3-13(4-6-15)10-21-18(25)19-23-22-17(27-19)11-24-8-1-2-16(24)14-7-9-26-12-14/h3-7,9,12,16H,1-2,8,10-11H2,(H,21,25)/t16-/m1/s1. The van der Waals surface area contributed by atoms with Gasteiger partial charge in [0.15, 0.2) is 0 Å². The monoisotopic (exact) mass is 402 g/mol. The Morgan fingerprint density at radius 3 is 2.89 bits per heavy atom. The van der Waals surface area contributed by atoms with Gasteiger partial charge < -0.3 is 5.32 Å². The number of rotatable bonds is 6. The SMILES string of the molecule is O=C(NCc1ccc(F)cc1)c1nnc(CN2CCC[C@@H]2c2ccsc2)s1. The Morgan fingerprint density at radius 2 is 2.11 bits per heavy atom. The van der Waals surface area contributed by atoms with Gasteiger partial charge in [-0.3, -0.25) is 9.69 Å². The Morgan fingerprint density at radius 1 is 1.26 bits per heavy atom. The maximum atomic E-state index is 12.9. The van der Waals surface area contributed by atoms with E-state index in [1.807, 2.05) is 0 Å². The van der Waals surface area contributed by atoms with E-state index in [0.29, 0.717) is 24.1 Å². The predicted octanol–water partition coefficient (Wildman–Crippen LogP) is 4.01. The summed E-state index contributed by atoms with van der Waals surface area (Å²) in [4.78, 5) is 14.7. The van der Waals surface area contributed by atoms with Gasteiger partial charge in [-0.2, -0.15) is 11.3 Å². The van der Waals surface area contributed by atoms with E-state index >= 15 is 0 Å². The number of hydrogen-bond acceptors (Lipinski definition) is 6. The number of thiophene rings is 1. The van der Waals surface area contributed by atoms with Gasteiger partial charge in [0.2, 0.25) is 5.01 Å². The molecule has 0 aliphatic carbocycles. The molecule has 1 saturated heterocycles. The lowest BCUT2D eigenvalue weighted by Gasteiger charge is -2.22. The maximum Gasteiger partial charge on any atom is 0.282 e. The molecular formula is C19H19FN4OS2. The number of likely N-dealkylation sites (tertiary alicyclic amines) is 1. The maximum absolute atomic E-state index is 12.9. The Kier molecular flexibility index (Phi) is 5.56. The number of amides is 1. The van der Waals surface area contributed by atoms with Crippen LogP contribution in [0.1, 0.15) is 44.8 Å². The highest BCUT2D eigenvalue weighted by molar-refractivity contribution is 7.13. The number of nitrogens with zero attached hydrogens (tertiary/aromatic N) is 3. The third-order valence-corrected chi connectivity index (χ3v) is 6.27. The van der Waals surface area contributed by atoms with Crippen molar-refractivity contribution in [2.24, 2.45) is 0 Å². The molecule has 1 aliphatic heterocycles. The first-order chi connectivity index (χ1) is 13.2. The molecular weight excluding hydrogens is 383 g/mol. The van der Waals surface area contributed by atoms with Crippen molar-refractivity contribution in [2.45, 2.75) is 32.0 Å². The molecule has 140 valence electrons. The minimum Gasteiger partial charge on any atom is -0.346 e. The van der Waals surface area contributed by atoms with Gasteiger partial charge in [-0.25, -0.2) is 4.39 Å². The third-order valence-electron chi connectivity index (χ3n) is 4.66. The molecule has 1 fully saturated rings. The average molecular weight is 403 g/mol. The second kappa shape index (κ2) is 8.24. The van der Waals surface area contributed by atoms with Crippen molar-refractivity contribution < 1.29 is 9.18 Å². The summed E-state index contributed by atoms with van der Waals surface area (Å²) in [6.07, 6.45) is 2.32. The summed E-state index contributed by atoms with van der Waals surface area (Å²) >= 11 is 3.05. The zero-order valence-corrected chi connectivity index (χ0v) is 16.2. The van der Waals surface area contributed by atoms with Crippen LogP contribution >= 0.6 is 22.7 Å². The molecule has 1 atom stereocenters. The minimum absolute atomic E-state index is 0.251. The minimum atomic E-state index is -0.290. The first-order valence-corrected chi connectivity index (χ1v) is 10.6. The van der Waals surface area contributed by atoms with Crippen LogP contribution in [0, 0.1) is 5.82 Å². The topological polar surface area (TPSA) is 58.1 Å². The van der Waals surface area contributed by atoms with Gasteiger partial charge in [-0.05, 0) is 59.5 Å². The van der Waals surface area contributed by atoms with Crippen LogP contribution in [0.25, 0.3) is 0 Å². The second-order valence-electron chi connectivity index (χ2n) is 6.50. The number of benzene rings is 1. The number of aromatic nitrogens is 2. The molecule has 8 heteroatoms. The van der Waals surface area contributed by atoms with Crippen LogP contribution in [0.15, 0.2) is 41.1 Å². The summed E-state index contributed by atoms with van der Waals surface area (Å²) in [6, 6.07) is 8.67. The molecule has 3 aromatic rings. The number of carbonyl (C=O) groups is 1. The lowest BCUT2D eigenvalue weighted by atomic mass is 10.1. The fourth-order valence-electron chi connectivity index (χ4n) is 3.30. The molecule has 1 amide bonds. The smallest absolute Gasteiger partial charge is 0.282 e. The van der Waals surface area contributed by atoms with E-state index in [1.54, 1.807) is 23.5 Å². The first-order valence-electron chi connectivity index (χ1n) is 8.80. The quantitative estimate of drug-likeness (QED) is 0.677. The van der Waals surface area contributed by atoms with E-state index in [1.165, 1.54) is 35.5 Å². The second-order valence-corrected chi connectivity index (χ2v) is 8.34. The Labute approximate surface area is 164 Å². The third kappa shape index (κ3) is 4.40. The van der Waals surface area contributed by atoms with Crippen molar-refractivity contribution in [1.29, 1.82) is 0 Å².